The van der Waals surface area contributed by atoms with Crippen LogP contribution in [0.3, 0.4) is 0 Å². The molecule has 5 rings (SSSR count). The molecule has 0 aliphatic heterocycles. The first-order valence-electron chi connectivity index (χ1n) is 9.39. The number of thioether (sulfide) groups is 1. The van der Waals surface area contributed by atoms with Crippen molar-refractivity contribution < 1.29 is 4.74 Å². The van der Waals surface area contributed by atoms with Crippen molar-refractivity contribution in [2.45, 2.75) is 29.8 Å². The van der Waals surface area contributed by atoms with E-state index in [0.29, 0.717) is 6.04 Å². The molecule has 1 aliphatic carbocycles. The molecule has 0 N–H and O–H groups in total. The molecule has 4 aromatic rings. The van der Waals surface area contributed by atoms with Crippen molar-refractivity contribution >= 4 is 23.1 Å². The van der Waals surface area contributed by atoms with Gasteiger partial charge < -0.3 is 4.74 Å². The van der Waals surface area contributed by atoms with Gasteiger partial charge in [0.25, 0.3) is 0 Å². The zero-order valence-electron chi connectivity index (χ0n) is 15.9. The first-order chi connectivity index (χ1) is 14.3. The van der Waals surface area contributed by atoms with Crippen molar-refractivity contribution in [1.82, 2.24) is 24.7 Å². The molecule has 6 nitrogen and oxygen atoms in total. The van der Waals surface area contributed by atoms with Gasteiger partial charge in [-0.3, -0.25) is 9.55 Å². The second kappa shape index (κ2) is 7.96. The molecule has 1 saturated carbocycles. The Hall–Kier alpha value is -2.71. The summed E-state index contributed by atoms with van der Waals surface area (Å²) >= 11 is 3.34. The maximum absolute atomic E-state index is 5.32. The lowest BCUT2D eigenvalue weighted by Crippen LogP contribution is -2.00. The minimum absolute atomic E-state index is 0.491. The van der Waals surface area contributed by atoms with Crippen LogP contribution in [0.5, 0.6) is 5.75 Å². The first-order valence-corrected chi connectivity index (χ1v) is 11.3. The number of methoxy groups -OCH3 is 1. The summed E-state index contributed by atoms with van der Waals surface area (Å²) in [5.41, 5.74) is 3.13. The molecule has 29 heavy (non-hydrogen) atoms. The van der Waals surface area contributed by atoms with Gasteiger partial charge in [0.15, 0.2) is 11.0 Å². The Bertz CT molecular complexity index is 1120. The Morgan fingerprint density at radius 3 is 2.86 bits per heavy atom. The van der Waals surface area contributed by atoms with Crippen LogP contribution in [0.25, 0.3) is 22.0 Å². The van der Waals surface area contributed by atoms with E-state index in [1.807, 2.05) is 36.5 Å². The third kappa shape index (κ3) is 3.90. The minimum atomic E-state index is 0.491. The lowest BCUT2D eigenvalue weighted by atomic mass is 10.2. The van der Waals surface area contributed by atoms with Crippen LogP contribution in [0.2, 0.25) is 0 Å². The van der Waals surface area contributed by atoms with Crippen LogP contribution in [-0.2, 0) is 5.75 Å². The van der Waals surface area contributed by atoms with E-state index in [1.54, 1.807) is 36.4 Å². The number of nitrogens with zero attached hydrogens (tertiary/aromatic N) is 5. The summed E-state index contributed by atoms with van der Waals surface area (Å²) < 4.78 is 7.58. The van der Waals surface area contributed by atoms with Crippen LogP contribution in [0.15, 0.2) is 59.3 Å². The zero-order chi connectivity index (χ0) is 19.6. The van der Waals surface area contributed by atoms with Crippen LogP contribution < -0.4 is 4.74 Å². The van der Waals surface area contributed by atoms with Gasteiger partial charge in [-0.05, 0) is 37.1 Å². The lowest BCUT2D eigenvalue weighted by molar-refractivity contribution is 0.415. The van der Waals surface area contributed by atoms with Crippen LogP contribution in [-0.4, -0.2) is 31.8 Å². The molecule has 1 aromatic carbocycles. The molecule has 0 bridgehead atoms. The lowest BCUT2D eigenvalue weighted by Gasteiger charge is -2.08. The number of aromatic nitrogens is 5. The van der Waals surface area contributed by atoms with Gasteiger partial charge in [0, 0.05) is 40.7 Å². The fourth-order valence-electron chi connectivity index (χ4n) is 3.13. The number of benzene rings is 1. The van der Waals surface area contributed by atoms with E-state index in [1.165, 1.54) is 12.8 Å². The molecule has 0 radical (unpaired) electrons. The second-order valence-electron chi connectivity index (χ2n) is 6.81. The average Bonchev–Trinajstić information content (AvgIpc) is 3.34. The molecule has 146 valence electrons. The SMILES string of the molecule is COc1cccc(-c2nc(CSc3nnc(-c4cccnc4)n3C3CC3)cs2)c1. The summed E-state index contributed by atoms with van der Waals surface area (Å²) in [5, 5.41) is 13.0. The Morgan fingerprint density at radius 2 is 2.07 bits per heavy atom. The van der Waals surface area contributed by atoms with Gasteiger partial charge in [0.2, 0.25) is 0 Å². The third-order valence-corrected chi connectivity index (χ3v) is 6.63. The minimum Gasteiger partial charge on any atom is -0.497 e. The third-order valence-electron chi connectivity index (χ3n) is 4.71. The molecule has 1 aliphatic rings. The topological polar surface area (TPSA) is 65.7 Å². The number of thiazole rings is 1. The zero-order valence-corrected chi connectivity index (χ0v) is 17.5. The first kappa shape index (κ1) is 18.3. The Kier molecular flexibility index (Phi) is 5.03. The number of pyridine rings is 1. The summed E-state index contributed by atoms with van der Waals surface area (Å²) in [6.45, 7) is 0. The predicted molar refractivity (Wildman–Crippen MR) is 115 cm³/mol. The highest BCUT2D eigenvalue weighted by molar-refractivity contribution is 7.98. The van der Waals surface area contributed by atoms with Gasteiger partial charge in [0.05, 0.1) is 12.8 Å². The largest absolute Gasteiger partial charge is 0.497 e. The fraction of sp³-hybridized carbons (Fsp3) is 0.238. The summed E-state index contributed by atoms with van der Waals surface area (Å²) in [5.74, 6) is 2.51. The fourth-order valence-corrected chi connectivity index (χ4v) is 4.95. The van der Waals surface area contributed by atoms with Crippen LogP contribution in [0, 0.1) is 0 Å². The van der Waals surface area contributed by atoms with E-state index in [-0.39, 0.29) is 0 Å². The summed E-state index contributed by atoms with van der Waals surface area (Å²) in [6.07, 6.45) is 5.97. The molecule has 1 fully saturated rings. The number of ether oxygens (including phenoxy) is 1. The smallest absolute Gasteiger partial charge is 0.192 e. The van der Waals surface area contributed by atoms with Crippen LogP contribution >= 0.6 is 23.1 Å². The van der Waals surface area contributed by atoms with E-state index in [9.17, 15) is 0 Å². The molecule has 0 saturated heterocycles. The highest BCUT2D eigenvalue weighted by Gasteiger charge is 2.30. The normalized spacial score (nSPS) is 13.6. The van der Waals surface area contributed by atoms with Crippen molar-refractivity contribution in [3.05, 3.63) is 59.9 Å². The molecule has 0 amide bonds. The van der Waals surface area contributed by atoms with E-state index in [0.717, 1.165) is 44.3 Å². The van der Waals surface area contributed by atoms with Gasteiger partial charge in [-0.2, -0.15) is 0 Å². The highest BCUT2D eigenvalue weighted by atomic mass is 32.2. The van der Waals surface area contributed by atoms with Crippen molar-refractivity contribution in [2.75, 3.05) is 7.11 Å². The molecular formula is C21H19N5OS2. The van der Waals surface area contributed by atoms with Gasteiger partial charge in [-0.15, -0.1) is 21.5 Å². The maximum Gasteiger partial charge on any atom is 0.192 e. The molecule has 3 aromatic heterocycles. The summed E-state index contributed by atoms with van der Waals surface area (Å²) in [7, 11) is 1.68. The molecule has 3 heterocycles. The van der Waals surface area contributed by atoms with E-state index >= 15 is 0 Å². The van der Waals surface area contributed by atoms with Crippen LogP contribution in [0.1, 0.15) is 24.6 Å². The Balaban J connectivity index is 1.35. The number of rotatable bonds is 7. The second-order valence-corrected chi connectivity index (χ2v) is 8.61. The monoisotopic (exact) mass is 421 g/mol. The summed E-state index contributed by atoms with van der Waals surface area (Å²) in [6, 6.07) is 12.5. The molecular weight excluding hydrogens is 402 g/mol. The molecule has 8 heteroatoms. The molecule has 0 unspecified atom stereocenters. The Labute approximate surface area is 177 Å². The Morgan fingerprint density at radius 1 is 1.17 bits per heavy atom. The van der Waals surface area contributed by atoms with Gasteiger partial charge >= 0.3 is 0 Å². The molecule has 0 spiro atoms. The highest BCUT2D eigenvalue weighted by Crippen LogP contribution is 2.41. The van der Waals surface area contributed by atoms with Gasteiger partial charge in [-0.1, -0.05) is 23.9 Å². The standard InChI is InChI=1S/C21H19N5OS2/c1-27-18-6-2-4-14(10-18)20-23-16(12-28-20)13-29-21-25-24-19(26(21)17-7-8-17)15-5-3-9-22-11-15/h2-6,9-12,17H,7-8,13H2,1H3. The quantitative estimate of drug-likeness (QED) is 0.387. The van der Waals surface area contributed by atoms with E-state index in [2.05, 4.69) is 31.2 Å². The molecule has 0 atom stereocenters. The van der Waals surface area contributed by atoms with Crippen molar-refractivity contribution in [1.29, 1.82) is 0 Å². The summed E-state index contributed by atoms with van der Waals surface area (Å²) in [4.78, 5) is 9.02. The average molecular weight is 422 g/mol. The van der Waals surface area contributed by atoms with Crippen molar-refractivity contribution in [2.24, 2.45) is 0 Å². The predicted octanol–water partition coefficient (Wildman–Crippen LogP) is 5.10. The van der Waals surface area contributed by atoms with Crippen molar-refractivity contribution in [3.8, 4) is 27.7 Å². The van der Waals surface area contributed by atoms with Crippen molar-refractivity contribution in [3.63, 3.8) is 0 Å². The number of hydrogen-bond donors (Lipinski definition) is 0. The number of hydrogen-bond acceptors (Lipinski definition) is 7. The van der Waals surface area contributed by atoms with Gasteiger partial charge in [-0.25, -0.2) is 4.98 Å². The van der Waals surface area contributed by atoms with Crippen LogP contribution in [0.4, 0.5) is 0 Å². The maximum atomic E-state index is 5.32. The van der Waals surface area contributed by atoms with E-state index < -0.39 is 0 Å². The van der Waals surface area contributed by atoms with E-state index in [4.69, 9.17) is 9.72 Å². The van der Waals surface area contributed by atoms with Gasteiger partial charge in [0.1, 0.15) is 10.8 Å².